The Labute approximate surface area is 147 Å². The molecule has 2 atom stereocenters. The lowest BCUT2D eigenvalue weighted by Crippen LogP contribution is -2.50. The van der Waals surface area contributed by atoms with Crippen LogP contribution in [0.3, 0.4) is 0 Å². The number of likely N-dealkylation sites (tertiary alicyclic amines) is 1. The van der Waals surface area contributed by atoms with E-state index >= 15 is 0 Å². The molecule has 2 saturated heterocycles. The van der Waals surface area contributed by atoms with Gasteiger partial charge < -0.3 is 25.6 Å². The maximum absolute atomic E-state index is 12.6. The number of amides is 2. The zero-order valence-electron chi connectivity index (χ0n) is 14.1. The van der Waals surface area contributed by atoms with E-state index in [0.717, 1.165) is 31.4 Å². The molecule has 25 heavy (non-hydrogen) atoms. The highest BCUT2D eigenvalue weighted by Crippen LogP contribution is 2.20. The van der Waals surface area contributed by atoms with Crippen molar-refractivity contribution in [2.24, 2.45) is 0 Å². The highest BCUT2D eigenvalue weighted by molar-refractivity contribution is 6.58. The Bertz CT molecular complexity index is 617. The number of rotatable bonds is 5. The first-order valence-electron chi connectivity index (χ1n) is 8.83. The molecule has 0 saturated carbocycles. The Hall–Kier alpha value is -1.90. The van der Waals surface area contributed by atoms with Crippen LogP contribution in [0.25, 0.3) is 0 Å². The van der Waals surface area contributed by atoms with Crippen molar-refractivity contribution >= 4 is 24.4 Å². The normalized spacial score (nSPS) is 22.9. The van der Waals surface area contributed by atoms with Crippen molar-refractivity contribution in [1.29, 1.82) is 0 Å². The Morgan fingerprint density at radius 1 is 1.20 bits per heavy atom. The summed E-state index contributed by atoms with van der Waals surface area (Å²) >= 11 is 0. The van der Waals surface area contributed by atoms with Gasteiger partial charge in [0.15, 0.2) is 0 Å². The summed E-state index contributed by atoms with van der Waals surface area (Å²) in [7, 11) is -1.49. The van der Waals surface area contributed by atoms with Crippen LogP contribution in [0.2, 0.25) is 0 Å². The average Bonchev–Trinajstić information content (AvgIpc) is 3.30. The standard InChI is InChI=1S/C17H24BN3O4/c22-16(20-11-12-5-7-13(8-6-12)18(24)25)15-4-2-10-21(15)17(23)14-3-1-9-19-14/h5-8,14-15,19,24-25H,1-4,9-11H2,(H,20,22)/t14?,15-/m0/s1. The van der Waals surface area contributed by atoms with Crippen molar-refractivity contribution in [1.82, 2.24) is 15.5 Å². The quantitative estimate of drug-likeness (QED) is 0.499. The van der Waals surface area contributed by atoms with Crippen LogP contribution in [-0.4, -0.2) is 59.1 Å². The fraction of sp³-hybridized carbons (Fsp3) is 0.529. The Morgan fingerprint density at radius 3 is 2.60 bits per heavy atom. The molecule has 7 nitrogen and oxygen atoms in total. The lowest BCUT2D eigenvalue weighted by molar-refractivity contribution is -0.139. The molecule has 8 heteroatoms. The fourth-order valence-electron chi connectivity index (χ4n) is 3.51. The van der Waals surface area contributed by atoms with Crippen LogP contribution in [0.15, 0.2) is 24.3 Å². The molecule has 0 spiro atoms. The number of carbonyl (C=O) groups is 2. The first kappa shape index (κ1) is 17.9. The van der Waals surface area contributed by atoms with E-state index in [-0.39, 0.29) is 17.9 Å². The molecule has 1 aromatic carbocycles. The second-order valence-electron chi connectivity index (χ2n) is 6.67. The van der Waals surface area contributed by atoms with Crippen LogP contribution in [-0.2, 0) is 16.1 Å². The Kier molecular flexibility index (Phi) is 5.72. The number of nitrogens with one attached hydrogen (secondary N) is 2. The zero-order valence-corrected chi connectivity index (χ0v) is 14.1. The largest absolute Gasteiger partial charge is 0.488 e. The van der Waals surface area contributed by atoms with Crippen molar-refractivity contribution < 1.29 is 19.6 Å². The van der Waals surface area contributed by atoms with Crippen molar-refractivity contribution in [3.63, 3.8) is 0 Å². The summed E-state index contributed by atoms with van der Waals surface area (Å²) in [6.07, 6.45) is 3.38. The third kappa shape index (κ3) is 4.20. The van der Waals surface area contributed by atoms with Gasteiger partial charge in [0.25, 0.3) is 0 Å². The molecule has 2 amide bonds. The minimum atomic E-state index is -1.49. The van der Waals surface area contributed by atoms with E-state index in [1.807, 2.05) is 0 Å². The van der Waals surface area contributed by atoms with Gasteiger partial charge in [0, 0.05) is 13.1 Å². The third-order valence-electron chi connectivity index (χ3n) is 4.94. The molecule has 2 heterocycles. The SMILES string of the molecule is O=C(NCc1ccc(B(O)O)cc1)[C@@H]1CCCN1C(=O)C1CCCN1. The summed E-state index contributed by atoms with van der Waals surface area (Å²) in [4.78, 5) is 26.8. The summed E-state index contributed by atoms with van der Waals surface area (Å²) in [6.45, 7) is 1.85. The molecule has 1 aromatic rings. The first-order valence-corrected chi connectivity index (χ1v) is 8.83. The van der Waals surface area contributed by atoms with Crippen molar-refractivity contribution in [2.45, 2.75) is 44.3 Å². The van der Waals surface area contributed by atoms with Gasteiger partial charge in [-0.05, 0) is 43.3 Å². The van der Waals surface area contributed by atoms with E-state index < -0.39 is 13.2 Å². The highest BCUT2D eigenvalue weighted by atomic mass is 16.4. The molecule has 0 radical (unpaired) electrons. The molecule has 0 aliphatic carbocycles. The lowest BCUT2D eigenvalue weighted by Gasteiger charge is -2.26. The molecule has 2 fully saturated rings. The van der Waals surface area contributed by atoms with Crippen LogP contribution >= 0.6 is 0 Å². The summed E-state index contributed by atoms with van der Waals surface area (Å²) in [6, 6.07) is 6.18. The van der Waals surface area contributed by atoms with Crippen LogP contribution in [0.5, 0.6) is 0 Å². The molecule has 4 N–H and O–H groups in total. The van der Waals surface area contributed by atoms with E-state index in [1.165, 1.54) is 0 Å². The van der Waals surface area contributed by atoms with Gasteiger partial charge in [0.2, 0.25) is 11.8 Å². The van der Waals surface area contributed by atoms with Crippen LogP contribution < -0.4 is 16.1 Å². The summed E-state index contributed by atoms with van der Waals surface area (Å²) in [5.74, 6) is -0.0912. The van der Waals surface area contributed by atoms with Crippen LogP contribution in [0.1, 0.15) is 31.2 Å². The number of carbonyl (C=O) groups excluding carboxylic acids is 2. The molecular weight excluding hydrogens is 321 g/mol. The molecule has 0 aromatic heterocycles. The molecule has 134 valence electrons. The zero-order chi connectivity index (χ0) is 17.8. The van der Waals surface area contributed by atoms with Gasteiger partial charge in [0.05, 0.1) is 6.04 Å². The molecular formula is C17H24BN3O4. The van der Waals surface area contributed by atoms with Gasteiger partial charge in [-0.1, -0.05) is 24.3 Å². The molecule has 2 aliphatic rings. The van der Waals surface area contributed by atoms with Gasteiger partial charge >= 0.3 is 7.12 Å². The number of nitrogens with zero attached hydrogens (tertiary/aromatic N) is 1. The minimum absolute atomic E-state index is 0.0384. The molecule has 2 aliphatic heterocycles. The second-order valence-corrected chi connectivity index (χ2v) is 6.67. The predicted octanol–water partition coefficient (Wildman–Crippen LogP) is -1.27. The monoisotopic (exact) mass is 345 g/mol. The number of hydrogen-bond acceptors (Lipinski definition) is 5. The van der Waals surface area contributed by atoms with Gasteiger partial charge in [-0.15, -0.1) is 0 Å². The van der Waals surface area contributed by atoms with Gasteiger partial charge in [-0.25, -0.2) is 0 Å². The highest BCUT2D eigenvalue weighted by Gasteiger charge is 2.37. The van der Waals surface area contributed by atoms with Crippen molar-refractivity contribution in [3.05, 3.63) is 29.8 Å². The molecule has 0 bridgehead atoms. The lowest BCUT2D eigenvalue weighted by atomic mass is 9.80. The summed E-state index contributed by atoms with van der Waals surface area (Å²) in [5, 5.41) is 24.3. The predicted molar refractivity (Wildman–Crippen MR) is 93.9 cm³/mol. The third-order valence-corrected chi connectivity index (χ3v) is 4.94. The van der Waals surface area contributed by atoms with Crippen molar-refractivity contribution in [2.75, 3.05) is 13.1 Å². The average molecular weight is 345 g/mol. The van der Waals surface area contributed by atoms with E-state index in [0.29, 0.717) is 25.0 Å². The van der Waals surface area contributed by atoms with Gasteiger partial charge in [0.1, 0.15) is 6.04 Å². The van der Waals surface area contributed by atoms with Crippen LogP contribution in [0, 0.1) is 0 Å². The van der Waals surface area contributed by atoms with E-state index in [9.17, 15) is 9.59 Å². The van der Waals surface area contributed by atoms with E-state index in [2.05, 4.69) is 10.6 Å². The molecule has 1 unspecified atom stereocenters. The van der Waals surface area contributed by atoms with Gasteiger partial charge in [-0.3, -0.25) is 9.59 Å². The fourth-order valence-corrected chi connectivity index (χ4v) is 3.51. The summed E-state index contributed by atoms with van der Waals surface area (Å²) in [5.41, 5.74) is 1.28. The van der Waals surface area contributed by atoms with Crippen LogP contribution in [0.4, 0.5) is 0 Å². The molecule has 3 rings (SSSR count). The smallest absolute Gasteiger partial charge is 0.423 e. The van der Waals surface area contributed by atoms with Crippen molar-refractivity contribution in [3.8, 4) is 0 Å². The van der Waals surface area contributed by atoms with E-state index in [4.69, 9.17) is 10.0 Å². The topological polar surface area (TPSA) is 102 Å². The second kappa shape index (κ2) is 7.99. The minimum Gasteiger partial charge on any atom is -0.423 e. The maximum Gasteiger partial charge on any atom is 0.488 e. The Morgan fingerprint density at radius 2 is 1.96 bits per heavy atom. The Balaban J connectivity index is 1.55. The number of benzene rings is 1. The summed E-state index contributed by atoms with van der Waals surface area (Å²) < 4.78 is 0. The maximum atomic E-state index is 12.6. The van der Waals surface area contributed by atoms with E-state index in [1.54, 1.807) is 29.2 Å². The first-order chi connectivity index (χ1) is 12.1. The number of hydrogen-bond donors (Lipinski definition) is 4. The van der Waals surface area contributed by atoms with Gasteiger partial charge in [-0.2, -0.15) is 0 Å².